The number of halogens is 1. The van der Waals surface area contributed by atoms with Crippen LogP contribution < -0.4 is 11.1 Å². The molecule has 1 aromatic rings. The van der Waals surface area contributed by atoms with Gasteiger partial charge in [-0.3, -0.25) is 4.79 Å². The average Bonchev–Trinajstić information content (AvgIpc) is 2.18. The largest absolute Gasteiger partial charge is 0.330 e. The van der Waals surface area contributed by atoms with Crippen molar-refractivity contribution < 1.29 is 4.79 Å². The SMILES string of the molecule is NCCCC(=O)Nc1ccccc1I. The van der Waals surface area contributed by atoms with Crippen LogP contribution in [0.25, 0.3) is 0 Å². The Bertz CT molecular complexity index is 315. The summed E-state index contributed by atoms with van der Waals surface area (Å²) in [6.45, 7) is 0.555. The lowest BCUT2D eigenvalue weighted by Crippen LogP contribution is -2.14. The number of rotatable bonds is 4. The Balaban J connectivity index is 2.52. The number of carbonyl (C=O) groups excluding carboxylic acids is 1. The maximum absolute atomic E-state index is 11.4. The van der Waals surface area contributed by atoms with Crippen LogP contribution in [-0.4, -0.2) is 12.5 Å². The van der Waals surface area contributed by atoms with Crippen molar-refractivity contribution in [1.82, 2.24) is 0 Å². The summed E-state index contributed by atoms with van der Waals surface area (Å²) in [5.74, 6) is 0.0274. The highest BCUT2D eigenvalue weighted by atomic mass is 127. The zero-order chi connectivity index (χ0) is 10.4. The van der Waals surface area contributed by atoms with Gasteiger partial charge in [0.15, 0.2) is 0 Å². The summed E-state index contributed by atoms with van der Waals surface area (Å²) < 4.78 is 1.05. The Morgan fingerprint density at radius 2 is 2.14 bits per heavy atom. The van der Waals surface area contributed by atoms with Crippen molar-refractivity contribution in [2.45, 2.75) is 12.8 Å². The second kappa shape index (κ2) is 5.98. The first-order chi connectivity index (χ1) is 6.74. The minimum absolute atomic E-state index is 0.0274. The minimum Gasteiger partial charge on any atom is -0.330 e. The molecule has 0 saturated heterocycles. The molecule has 3 N–H and O–H groups in total. The Morgan fingerprint density at radius 3 is 2.79 bits per heavy atom. The van der Waals surface area contributed by atoms with Gasteiger partial charge in [0, 0.05) is 9.99 Å². The van der Waals surface area contributed by atoms with E-state index in [1.165, 1.54) is 0 Å². The molecular formula is C10H13IN2O. The number of amides is 1. The first kappa shape index (κ1) is 11.5. The topological polar surface area (TPSA) is 55.1 Å². The van der Waals surface area contributed by atoms with Gasteiger partial charge in [0.25, 0.3) is 0 Å². The molecule has 0 fully saturated rings. The molecule has 0 aliphatic carbocycles. The summed E-state index contributed by atoms with van der Waals surface area (Å²) in [5.41, 5.74) is 6.19. The minimum atomic E-state index is 0.0274. The Kier molecular flexibility index (Phi) is 4.89. The van der Waals surface area contributed by atoms with Gasteiger partial charge >= 0.3 is 0 Å². The Labute approximate surface area is 97.2 Å². The van der Waals surface area contributed by atoms with E-state index in [-0.39, 0.29) is 5.91 Å². The van der Waals surface area contributed by atoms with Gasteiger partial charge < -0.3 is 11.1 Å². The first-order valence-electron chi connectivity index (χ1n) is 4.48. The molecule has 1 aromatic carbocycles. The summed E-state index contributed by atoms with van der Waals surface area (Å²) in [7, 11) is 0. The molecule has 0 saturated carbocycles. The number of hydrogen-bond acceptors (Lipinski definition) is 2. The van der Waals surface area contributed by atoms with Crippen molar-refractivity contribution in [3.63, 3.8) is 0 Å². The summed E-state index contributed by atoms with van der Waals surface area (Å²) in [5, 5.41) is 2.84. The van der Waals surface area contributed by atoms with Gasteiger partial charge in [-0.15, -0.1) is 0 Å². The lowest BCUT2D eigenvalue weighted by atomic mass is 10.2. The highest BCUT2D eigenvalue weighted by Crippen LogP contribution is 2.16. The predicted molar refractivity (Wildman–Crippen MR) is 66.1 cm³/mol. The van der Waals surface area contributed by atoms with E-state index in [9.17, 15) is 4.79 Å². The van der Waals surface area contributed by atoms with Crippen LogP contribution in [0.1, 0.15) is 12.8 Å². The van der Waals surface area contributed by atoms with Crippen LogP contribution in [0.15, 0.2) is 24.3 Å². The number of anilines is 1. The van der Waals surface area contributed by atoms with E-state index < -0.39 is 0 Å². The predicted octanol–water partition coefficient (Wildman–Crippen LogP) is 1.97. The number of hydrogen-bond donors (Lipinski definition) is 2. The zero-order valence-electron chi connectivity index (χ0n) is 7.79. The maximum Gasteiger partial charge on any atom is 0.224 e. The van der Waals surface area contributed by atoms with Crippen molar-refractivity contribution in [2.24, 2.45) is 5.73 Å². The molecule has 0 aliphatic heterocycles. The average molecular weight is 304 g/mol. The molecule has 3 nitrogen and oxygen atoms in total. The highest BCUT2D eigenvalue weighted by molar-refractivity contribution is 14.1. The van der Waals surface area contributed by atoms with Crippen LogP contribution in [-0.2, 0) is 4.79 Å². The lowest BCUT2D eigenvalue weighted by Gasteiger charge is -2.06. The van der Waals surface area contributed by atoms with Crippen LogP contribution in [0.3, 0.4) is 0 Å². The van der Waals surface area contributed by atoms with Crippen molar-refractivity contribution in [3.05, 3.63) is 27.8 Å². The van der Waals surface area contributed by atoms with Crippen LogP contribution in [0, 0.1) is 3.57 Å². The van der Waals surface area contributed by atoms with Crippen LogP contribution in [0.5, 0.6) is 0 Å². The fourth-order valence-corrected chi connectivity index (χ4v) is 1.56. The molecule has 0 spiro atoms. The van der Waals surface area contributed by atoms with Crippen LogP contribution in [0.4, 0.5) is 5.69 Å². The van der Waals surface area contributed by atoms with Gasteiger partial charge in [0.2, 0.25) is 5.91 Å². The third-order valence-corrected chi connectivity index (χ3v) is 2.70. The number of benzene rings is 1. The fraction of sp³-hybridized carbons (Fsp3) is 0.300. The molecule has 0 unspecified atom stereocenters. The zero-order valence-corrected chi connectivity index (χ0v) is 9.95. The van der Waals surface area contributed by atoms with Gasteiger partial charge in [0.05, 0.1) is 5.69 Å². The Morgan fingerprint density at radius 1 is 1.43 bits per heavy atom. The van der Waals surface area contributed by atoms with Crippen LogP contribution in [0.2, 0.25) is 0 Å². The normalized spacial score (nSPS) is 9.86. The number of nitrogens with one attached hydrogen (secondary N) is 1. The second-order valence-electron chi connectivity index (χ2n) is 2.92. The maximum atomic E-state index is 11.4. The van der Waals surface area contributed by atoms with Gasteiger partial charge in [-0.1, -0.05) is 12.1 Å². The molecule has 1 rings (SSSR count). The molecule has 0 atom stereocenters. The number of para-hydroxylation sites is 1. The highest BCUT2D eigenvalue weighted by Gasteiger charge is 2.03. The van der Waals surface area contributed by atoms with Gasteiger partial charge in [-0.25, -0.2) is 0 Å². The molecule has 4 heteroatoms. The monoisotopic (exact) mass is 304 g/mol. The van der Waals surface area contributed by atoms with Crippen molar-refractivity contribution in [3.8, 4) is 0 Å². The fourth-order valence-electron chi connectivity index (χ4n) is 1.04. The van der Waals surface area contributed by atoms with E-state index in [0.717, 1.165) is 15.7 Å². The summed E-state index contributed by atoms with van der Waals surface area (Å²) >= 11 is 2.19. The van der Waals surface area contributed by atoms with Crippen molar-refractivity contribution in [2.75, 3.05) is 11.9 Å². The molecule has 0 bridgehead atoms. The van der Waals surface area contributed by atoms with Gasteiger partial charge in [-0.2, -0.15) is 0 Å². The molecule has 0 heterocycles. The first-order valence-corrected chi connectivity index (χ1v) is 5.56. The van der Waals surface area contributed by atoms with E-state index in [1.54, 1.807) is 0 Å². The number of nitrogens with two attached hydrogens (primary N) is 1. The molecule has 76 valence electrons. The van der Waals surface area contributed by atoms with E-state index in [0.29, 0.717) is 13.0 Å². The summed E-state index contributed by atoms with van der Waals surface area (Å²) in [6.07, 6.45) is 1.22. The summed E-state index contributed by atoms with van der Waals surface area (Å²) in [6, 6.07) is 7.69. The molecule has 0 radical (unpaired) electrons. The summed E-state index contributed by atoms with van der Waals surface area (Å²) in [4.78, 5) is 11.4. The van der Waals surface area contributed by atoms with E-state index in [1.807, 2.05) is 24.3 Å². The molecule has 0 aliphatic rings. The second-order valence-corrected chi connectivity index (χ2v) is 4.08. The Hall–Kier alpha value is -0.620. The number of carbonyl (C=O) groups is 1. The van der Waals surface area contributed by atoms with Crippen molar-refractivity contribution >= 4 is 34.2 Å². The molecule has 1 amide bonds. The molecule has 0 aromatic heterocycles. The quantitative estimate of drug-likeness (QED) is 0.836. The van der Waals surface area contributed by atoms with Gasteiger partial charge in [-0.05, 0) is 47.7 Å². The van der Waals surface area contributed by atoms with Crippen molar-refractivity contribution in [1.29, 1.82) is 0 Å². The smallest absolute Gasteiger partial charge is 0.224 e. The van der Waals surface area contributed by atoms with E-state index >= 15 is 0 Å². The van der Waals surface area contributed by atoms with Crippen LogP contribution >= 0.6 is 22.6 Å². The standard InChI is InChI=1S/C10H13IN2O/c11-8-4-1-2-5-9(8)13-10(14)6-3-7-12/h1-2,4-5H,3,6-7,12H2,(H,13,14). The third-order valence-electron chi connectivity index (χ3n) is 1.76. The molecule has 14 heavy (non-hydrogen) atoms. The van der Waals surface area contributed by atoms with E-state index in [2.05, 4.69) is 27.9 Å². The molecular weight excluding hydrogens is 291 g/mol. The van der Waals surface area contributed by atoms with E-state index in [4.69, 9.17) is 5.73 Å². The lowest BCUT2D eigenvalue weighted by molar-refractivity contribution is -0.116. The van der Waals surface area contributed by atoms with Gasteiger partial charge in [0.1, 0.15) is 0 Å². The third kappa shape index (κ3) is 3.63.